The second kappa shape index (κ2) is 7.26. The molecule has 1 N–H and O–H groups in total. The standard InChI is InChI=1S/C15H20N4OS/c1-4-5-9-21-15-18-17-14(19(15)3)12-7-6-8-13(10-12)16-11(2)20/h6-8,10H,4-5,9H2,1-3H3,(H,16,20). The summed E-state index contributed by atoms with van der Waals surface area (Å²) < 4.78 is 1.99. The number of hydrogen-bond donors (Lipinski definition) is 1. The van der Waals surface area contributed by atoms with Crippen LogP contribution in [0.1, 0.15) is 26.7 Å². The van der Waals surface area contributed by atoms with E-state index in [2.05, 4.69) is 22.4 Å². The predicted molar refractivity (Wildman–Crippen MR) is 86.4 cm³/mol. The minimum atomic E-state index is -0.0825. The summed E-state index contributed by atoms with van der Waals surface area (Å²) in [5.74, 6) is 1.77. The maximum Gasteiger partial charge on any atom is 0.221 e. The van der Waals surface area contributed by atoms with Crippen LogP contribution in [0.2, 0.25) is 0 Å². The predicted octanol–water partition coefficient (Wildman–Crippen LogP) is 3.33. The quantitative estimate of drug-likeness (QED) is 0.657. The topological polar surface area (TPSA) is 59.8 Å². The maximum atomic E-state index is 11.1. The number of thioether (sulfide) groups is 1. The molecule has 0 radical (unpaired) electrons. The third-order valence-electron chi connectivity index (χ3n) is 3.01. The second-order valence-electron chi connectivity index (χ2n) is 4.83. The molecule has 0 saturated carbocycles. The highest BCUT2D eigenvalue weighted by Gasteiger charge is 2.11. The number of nitrogens with one attached hydrogen (secondary N) is 1. The van der Waals surface area contributed by atoms with Crippen molar-refractivity contribution in [1.82, 2.24) is 14.8 Å². The summed E-state index contributed by atoms with van der Waals surface area (Å²) in [6, 6.07) is 7.64. The van der Waals surface area contributed by atoms with Crippen molar-refractivity contribution >= 4 is 23.4 Å². The minimum Gasteiger partial charge on any atom is -0.326 e. The zero-order chi connectivity index (χ0) is 15.2. The van der Waals surface area contributed by atoms with Crippen LogP contribution >= 0.6 is 11.8 Å². The molecule has 0 aliphatic carbocycles. The van der Waals surface area contributed by atoms with Crippen LogP contribution in [-0.4, -0.2) is 26.4 Å². The third kappa shape index (κ3) is 4.07. The van der Waals surface area contributed by atoms with Crippen molar-refractivity contribution in [1.29, 1.82) is 0 Å². The van der Waals surface area contributed by atoms with Gasteiger partial charge in [-0.2, -0.15) is 0 Å². The number of carbonyl (C=O) groups is 1. The molecule has 2 rings (SSSR count). The van der Waals surface area contributed by atoms with E-state index < -0.39 is 0 Å². The Morgan fingerprint density at radius 1 is 1.38 bits per heavy atom. The largest absolute Gasteiger partial charge is 0.326 e. The van der Waals surface area contributed by atoms with Crippen molar-refractivity contribution in [3.05, 3.63) is 24.3 Å². The summed E-state index contributed by atoms with van der Waals surface area (Å²) in [7, 11) is 1.97. The van der Waals surface area contributed by atoms with Gasteiger partial charge in [0.1, 0.15) is 0 Å². The van der Waals surface area contributed by atoms with E-state index in [4.69, 9.17) is 0 Å². The number of carbonyl (C=O) groups excluding carboxylic acids is 1. The Labute approximate surface area is 129 Å². The molecular formula is C15H20N4OS. The molecule has 0 unspecified atom stereocenters. The van der Waals surface area contributed by atoms with Gasteiger partial charge in [-0.25, -0.2) is 0 Å². The fraction of sp³-hybridized carbons (Fsp3) is 0.400. The second-order valence-corrected chi connectivity index (χ2v) is 5.89. The summed E-state index contributed by atoms with van der Waals surface area (Å²) >= 11 is 1.72. The normalized spacial score (nSPS) is 10.6. The molecule has 2 aromatic rings. The zero-order valence-electron chi connectivity index (χ0n) is 12.6. The van der Waals surface area contributed by atoms with E-state index in [1.807, 2.05) is 35.9 Å². The van der Waals surface area contributed by atoms with Crippen LogP contribution in [0.25, 0.3) is 11.4 Å². The van der Waals surface area contributed by atoms with Crippen molar-refractivity contribution in [2.45, 2.75) is 31.8 Å². The average Bonchev–Trinajstić information content (AvgIpc) is 2.80. The SMILES string of the molecule is CCCCSc1nnc(-c2cccc(NC(C)=O)c2)n1C. The number of unbranched alkanes of at least 4 members (excludes halogenated alkanes) is 1. The lowest BCUT2D eigenvalue weighted by Gasteiger charge is -2.06. The Bertz CT molecular complexity index is 624. The van der Waals surface area contributed by atoms with Gasteiger partial charge in [0.15, 0.2) is 11.0 Å². The highest BCUT2D eigenvalue weighted by Crippen LogP contribution is 2.25. The molecular weight excluding hydrogens is 284 g/mol. The zero-order valence-corrected chi connectivity index (χ0v) is 13.4. The lowest BCUT2D eigenvalue weighted by atomic mass is 10.2. The highest BCUT2D eigenvalue weighted by atomic mass is 32.2. The van der Waals surface area contributed by atoms with Gasteiger partial charge < -0.3 is 9.88 Å². The third-order valence-corrected chi connectivity index (χ3v) is 4.11. The summed E-state index contributed by atoms with van der Waals surface area (Å²) in [6.07, 6.45) is 2.35. The van der Waals surface area contributed by atoms with Crippen molar-refractivity contribution in [3.8, 4) is 11.4 Å². The Kier molecular flexibility index (Phi) is 5.38. The molecule has 21 heavy (non-hydrogen) atoms. The van der Waals surface area contributed by atoms with Crippen molar-refractivity contribution < 1.29 is 4.79 Å². The number of rotatable bonds is 6. The number of benzene rings is 1. The van der Waals surface area contributed by atoms with Crippen molar-refractivity contribution in [2.24, 2.45) is 7.05 Å². The molecule has 112 valence electrons. The summed E-state index contributed by atoms with van der Waals surface area (Å²) in [5.41, 5.74) is 1.71. The molecule has 1 amide bonds. The Balaban J connectivity index is 2.20. The minimum absolute atomic E-state index is 0.0825. The van der Waals surface area contributed by atoms with Crippen LogP contribution in [0.5, 0.6) is 0 Å². The van der Waals surface area contributed by atoms with Crippen LogP contribution < -0.4 is 5.32 Å². The molecule has 1 heterocycles. The number of nitrogens with zero attached hydrogens (tertiary/aromatic N) is 3. The van der Waals surface area contributed by atoms with Gasteiger partial charge in [-0.3, -0.25) is 4.79 Å². The molecule has 6 heteroatoms. The van der Waals surface area contributed by atoms with Gasteiger partial charge in [0.25, 0.3) is 0 Å². The van der Waals surface area contributed by atoms with Gasteiger partial charge in [0.2, 0.25) is 5.91 Å². The summed E-state index contributed by atoms with van der Waals surface area (Å²) in [6.45, 7) is 3.67. The summed E-state index contributed by atoms with van der Waals surface area (Å²) in [5, 5.41) is 12.2. The van der Waals surface area contributed by atoms with Gasteiger partial charge in [-0.05, 0) is 18.6 Å². The van der Waals surface area contributed by atoms with Crippen LogP contribution in [0.3, 0.4) is 0 Å². The lowest BCUT2D eigenvalue weighted by Crippen LogP contribution is -2.05. The van der Waals surface area contributed by atoms with Crippen LogP contribution in [0, 0.1) is 0 Å². The molecule has 0 fully saturated rings. The van der Waals surface area contributed by atoms with Crippen molar-refractivity contribution in [2.75, 3.05) is 11.1 Å². The highest BCUT2D eigenvalue weighted by molar-refractivity contribution is 7.99. The Hall–Kier alpha value is -1.82. The number of hydrogen-bond acceptors (Lipinski definition) is 4. The van der Waals surface area contributed by atoms with Crippen molar-refractivity contribution in [3.63, 3.8) is 0 Å². The lowest BCUT2D eigenvalue weighted by molar-refractivity contribution is -0.114. The van der Waals surface area contributed by atoms with Gasteiger partial charge in [-0.1, -0.05) is 37.2 Å². The summed E-state index contributed by atoms with van der Waals surface area (Å²) in [4.78, 5) is 11.1. The van der Waals surface area contributed by atoms with Gasteiger partial charge >= 0.3 is 0 Å². The van der Waals surface area contributed by atoms with E-state index in [-0.39, 0.29) is 5.91 Å². The van der Waals surface area contributed by atoms with Gasteiger partial charge in [-0.15, -0.1) is 10.2 Å². The first-order valence-electron chi connectivity index (χ1n) is 7.02. The van der Waals surface area contributed by atoms with Crippen LogP contribution in [0.15, 0.2) is 29.4 Å². The molecule has 0 saturated heterocycles. The monoisotopic (exact) mass is 304 g/mol. The molecule has 0 aliphatic heterocycles. The molecule has 5 nitrogen and oxygen atoms in total. The van der Waals surface area contributed by atoms with E-state index in [1.54, 1.807) is 11.8 Å². The molecule has 1 aromatic carbocycles. The van der Waals surface area contributed by atoms with E-state index in [0.717, 1.165) is 28.0 Å². The van der Waals surface area contributed by atoms with E-state index in [9.17, 15) is 4.79 Å². The smallest absolute Gasteiger partial charge is 0.221 e. The first-order valence-corrected chi connectivity index (χ1v) is 8.00. The van der Waals surface area contributed by atoms with Crippen LogP contribution in [-0.2, 0) is 11.8 Å². The first-order chi connectivity index (χ1) is 10.1. The van der Waals surface area contributed by atoms with Gasteiger partial charge in [0, 0.05) is 31.0 Å². The molecule has 0 atom stereocenters. The molecule has 0 spiro atoms. The van der Waals surface area contributed by atoms with E-state index in [1.165, 1.54) is 19.8 Å². The van der Waals surface area contributed by atoms with Gasteiger partial charge in [0.05, 0.1) is 0 Å². The number of anilines is 1. The number of aromatic nitrogens is 3. The maximum absolute atomic E-state index is 11.1. The fourth-order valence-corrected chi connectivity index (χ4v) is 2.93. The number of amides is 1. The molecule has 1 aromatic heterocycles. The Morgan fingerprint density at radius 2 is 2.19 bits per heavy atom. The van der Waals surface area contributed by atoms with E-state index in [0.29, 0.717) is 0 Å². The van der Waals surface area contributed by atoms with Crippen LogP contribution in [0.4, 0.5) is 5.69 Å². The molecule has 0 bridgehead atoms. The first kappa shape index (κ1) is 15.6. The molecule has 0 aliphatic rings. The Morgan fingerprint density at radius 3 is 2.90 bits per heavy atom. The fourth-order valence-electron chi connectivity index (χ4n) is 1.94. The average molecular weight is 304 g/mol. The van der Waals surface area contributed by atoms with E-state index >= 15 is 0 Å².